The highest BCUT2D eigenvalue weighted by Crippen LogP contribution is 2.25. The first-order chi connectivity index (χ1) is 4.70. The molecular formula is C7H10O2S. The van der Waals surface area contributed by atoms with E-state index < -0.39 is 0 Å². The molecule has 1 heterocycles. The average Bonchev–Trinajstić information content (AvgIpc) is 2.15. The Labute approximate surface area is 64.2 Å². The largest absolute Gasteiger partial charge is 0.468 e. The summed E-state index contributed by atoms with van der Waals surface area (Å²) < 4.78 is 5.03. The molecule has 0 fully saturated rings. The van der Waals surface area contributed by atoms with Gasteiger partial charge in [-0.3, -0.25) is 0 Å². The van der Waals surface area contributed by atoms with Crippen LogP contribution in [0, 0.1) is 6.92 Å². The van der Waals surface area contributed by atoms with Gasteiger partial charge in [-0.1, -0.05) is 11.8 Å². The maximum atomic E-state index is 8.97. The summed E-state index contributed by atoms with van der Waals surface area (Å²) in [6.07, 6.45) is 1.63. The molecule has 0 saturated carbocycles. The van der Waals surface area contributed by atoms with Crippen LogP contribution in [0.4, 0.5) is 0 Å². The van der Waals surface area contributed by atoms with E-state index in [1.54, 1.807) is 13.2 Å². The number of rotatable bonds is 2. The van der Waals surface area contributed by atoms with Crippen molar-refractivity contribution in [2.24, 2.45) is 0 Å². The maximum Gasteiger partial charge on any atom is 0.114 e. The number of hydrogen-bond acceptors (Lipinski definition) is 3. The normalized spacial score (nSPS) is 13.5. The van der Waals surface area contributed by atoms with Gasteiger partial charge in [0.15, 0.2) is 0 Å². The zero-order valence-electron chi connectivity index (χ0n) is 6.00. The number of hydrogen-bond donors (Lipinski definition) is 1. The van der Waals surface area contributed by atoms with Crippen LogP contribution in [0.15, 0.2) is 21.6 Å². The van der Waals surface area contributed by atoms with Gasteiger partial charge in [-0.05, 0) is 19.9 Å². The number of aryl methyl sites for hydroxylation is 1. The second-order valence-electron chi connectivity index (χ2n) is 2.06. The van der Waals surface area contributed by atoms with Gasteiger partial charge in [0.2, 0.25) is 0 Å². The van der Waals surface area contributed by atoms with E-state index in [0.29, 0.717) is 0 Å². The highest BCUT2D eigenvalue weighted by Gasteiger charge is 2.04. The second-order valence-corrected chi connectivity index (χ2v) is 3.42. The molecule has 0 bridgehead atoms. The number of furan rings is 1. The summed E-state index contributed by atoms with van der Waals surface area (Å²) in [4.78, 5) is 1.01. The van der Waals surface area contributed by atoms with Gasteiger partial charge in [0.1, 0.15) is 11.2 Å². The second kappa shape index (κ2) is 3.12. The molecule has 0 saturated heterocycles. The molecule has 1 rings (SSSR count). The zero-order valence-corrected chi connectivity index (χ0v) is 6.81. The molecule has 0 aliphatic carbocycles. The van der Waals surface area contributed by atoms with Crippen LogP contribution in [0.1, 0.15) is 12.7 Å². The third kappa shape index (κ3) is 1.78. The van der Waals surface area contributed by atoms with Crippen LogP contribution in [-0.4, -0.2) is 10.5 Å². The number of aliphatic hydroxyl groups excluding tert-OH is 1. The van der Waals surface area contributed by atoms with Crippen molar-refractivity contribution in [2.45, 2.75) is 24.2 Å². The van der Waals surface area contributed by atoms with E-state index in [4.69, 9.17) is 9.52 Å². The lowest BCUT2D eigenvalue weighted by atomic mass is 10.5. The van der Waals surface area contributed by atoms with Crippen LogP contribution in [0.2, 0.25) is 0 Å². The molecule has 0 radical (unpaired) electrons. The summed E-state index contributed by atoms with van der Waals surface area (Å²) in [5.74, 6) is 0.867. The summed E-state index contributed by atoms with van der Waals surface area (Å²) in [6, 6.07) is 1.85. The molecule has 1 aromatic rings. The number of aliphatic hydroxyl groups is 1. The lowest BCUT2D eigenvalue weighted by molar-refractivity contribution is 0.284. The molecule has 0 amide bonds. The first-order valence-electron chi connectivity index (χ1n) is 3.09. The molecule has 1 N–H and O–H groups in total. The quantitative estimate of drug-likeness (QED) is 0.528. The Hall–Kier alpha value is -0.410. The van der Waals surface area contributed by atoms with Gasteiger partial charge in [-0.15, -0.1) is 0 Å². The van der Waals surface area contributed by atoms with E-state index in [0.717, 1.165) is 10.7 Å². The van der Waals surface area contributed by atoms with E-state index in [2.05, 4.69) is 0 Å². The minimum atomic E-state index is -0.365. The molecule has 0 aliphatic rings. The predicted molar refractivity (Wildman–Crippen MR) is 41.0 cm³/mol. The summed E-state index contributed by atoms with van der Waals surface area (Å²) in [7, 11) is 0. The van der Waals surface area contributed by atoms with Crippen LogP contribution >= 0.6 is 11.8 Å². The Morgan fingerprint density at radius 1 is 1.70 bits per heavy atom. The Bertz CT molecular complexity index is 205. The SMILES string of the molecule is Cc1occc1SC(C)O. The van der Waals surface area contributed by atoms with Crippen molar-refractivity contribution in [1.29, 1.82) is 0 Å². The smallest absolute Gasteiger partial charge is 0.114 e. The van der Waals surface area contributed by atoms with E-state index in [-0.39, 0.29) is 5.44 Å². The average molecular weight is 158 g/mol. The Balaban J connectivity index is 2.65. The van der Waals surface area contributed by atoms with Crippen LogP contribution in [0.25, 0.3) is 0 Å². The van der Waals surface area contributed by atoms with Gasteiger partial charge in [-0.2, -0.15) is 0 Å². The first kappa shape index (κ1) is 7.69. The van der Waals surface area contributed by atoms with Crippen molar-refractivity contribution in [2.75, 3.05) is 0 Å². The summed E-state index contributed by atoms with van der Waals surface area (Å²) in [5.41, 5.74) is -0.365. The van der Waals surface area contributed by atoms with Crippen molar-refractivity contribution < 1.29 is 9.52 Å². The van der Waals surface area contributed by atoms with Crippen molar-refractivity contribution in [3.05, 3.63) is 18.1 Å². The van der Waals surface area contributed by atoms with Gasteiger partial charge >= 0.3 is 0 Å². The Kier molecular flexibility index (Phi) is 2.40. The lowest BCUT2D eigenvalue weighted by Gasteiger charge is -2.00. The van der Waals surface area contributed by atoms with Gasteiger partial charge in [0, 0.05) is 0 Å². The van der Waals surface area contributed by atoms with Crippen LogP contribution in [0.5, 0.6) is 0 Å². The van der Waals surface area contributed by atoms with E-state index in [1.165, 1.54) is 11.8 Å². The molecule has 2 nitrogen and oxygen atoms in total. The van der Waals surface area contributed by atoms with Gasteiger partial charge < -0.3 is 9.52 Å². The molecule has 10 heavy (non-hydrogen) atoms. The molecule has 1 atom stereocenters. The highest BCUT2D eigenvalue weighted by atomic mass is 32.2. The zero-order chi connectivity index (χ0) is 7.56. The standard InChI is InChI=1S/C7H10O2S/c1-5-7(3-4-9-5)10-6(2)8/h3-4,6,8H,1-2H3. The van der Waals surface area contributed by atoms with Crippen molar-refractivity contribution in [3.8, 4) is 0 Å². The molecule has 3 heteroatoms. The first-order valence-corrected chi connectivity index (χ1v) is 3.97. The summed E-state index contributed by atoms with van der Waals surface area (Å²) in [5, 5.41) is 8.97. The third-order valence-corrected chi connectivity index (χ3v) is 2.13. The predicted octanol–water partition coefficient (Wildman–Crippen LogP) is 2.02. The number of thioether (sulfide) groups is 1. The van der Waals surface area contributed by atoms with Crippen LogP contribution < -0.4 is 0 Å². The Morgan fingerprint density at radius 3 is 2.80 bits per heavy atom. The van der Waals surface area contributed by atoms with Crippen LogP contribution in [0.3, 0.4) is 0 Å². The van der Waals surface area contributed by atoms with Crippen molar-refractivity contribution >= 4 is 11.8 Å². The molecular weight excluding hydrogens is 148 g/mol. The molecule has 0 aromatic carbocycles. The fraction of sp³-hybridized carbons (Fsp3) is 0.429. The minimum Gasteiger partial charge on any atom is -0.468 e. The molecule has 1 aromatic heterocycles. The fourth-order valence-corrected chi connectivity index (χ4v) is 1.40. The van der Waals surface area contributed by atoms with E-state index in [9.17, 15) is 0 Å². The highest BCUT2D eigenvalue weighted by molar-refractivity contribution is 7.99. The Morgan fingerprint density at radius 2 is 2.40 bits per heavy atom. The van der Waals surface area contributed by atoms with Crippen molar-refractivity contribution in [1.82, 2.24) is 0 Å². The molecule has 1 unspecified atom stereocenters. The minimum absolute atomic E-state index is 0.365. The third-order valence-electron chi connectivity index (χ3n) is 1.11. The van der Waals surface area contributed by atoms with Crippen LogP contribution in [-0.2, 0) is 0 Å². The van der Waals surface area contributed by atoms with Gasteiger partial charge in [0.25, 0.3) is 0 Å². The lowest BCUT2D eigenvalue weighted by Crippen LogP contribution is -1.90. The topological polar surface area (TPSA) is 33.4 Å². The molecule has 0 spiro atoms. The van der Waals surface area contributed by atoms with Gasteiger partial charge in [0.05, 0.1) is 11.2 Å². The fourth-order valence-electron chi connectivity index (χ4n) is 0.679. The van der Waals surface area contributed by atoms with E-state index in [1.807, 2.05) is 13.0 Å². The maximum absolute atomic E-state index is 8.97. The summed E-state index contributed by atoms with van der Waals surface area (Å²) in [6.45, 7) is 3.61. The monoisotopic (exact) mass is 158 g/mol. The molecule has 56 valence electrons. The van der Waals surface area contributed by atoms with Crippen molar-refractivity contribution in [3.63, 3.8) is 0 Å². The van der Waals surface area contributed by atoms with Gasteiger partial charge in [-0.25, -0.2) is 0 Å². The molecule has 0 aliphatic heterocycles. The van der Waals surface area contributed by atoms with E-state index >= 15 is 0 Å². The summed E-state index contributed by atoms with van der Waals surface area (Å²) >= 11 is 1.39.